The van der Waals surface area contributed by atoms with Crippen LogP contribution >= 0.6 is 15.9 Å². The third kappa shape index (κ3) is 2.46. The van der Waals surface area contributed by atoms with E-state index >= 15 is 0 Å². The lowest BCUT2D eigenvalue weighted by Gasteiger charge is -2.31. The molecule has 2 rings (SSSR count). The number of hydrogen-bond donors (Lipinski definition) is 1. The number of ether oxygens (including phenoxy) is 1. The first kappa shape index (κ1) is 12.4. The number of hydrogen-bond acceptors (Lipinski definition) is 3. The Morgan fingerprint density at radius 1 is 1.59 bits per heavy atom. The predicted octanol–water partition coefficient (Wildman–Crippen LogP) is 2.98. The molecule has 17 heavy (non-hydrogen) atoms. The van der Waals surface area contributed by atoms with Crippen molar-refractivity contribution in [2.45, 2.75) is 26.3 Å². The van der Waals surface area contributed by atoms with Gasteiger partial charge in [0.25, 0.3) is 0 Å². The molecule has 1 N–H and O–H groups in total. The second-order valence-corrected chi connectivity index (χ2v) is 5.12. The van der Waals surface area contributed by atoms with Gasteiger partial charge in [0.15, 0.2) is 0 Å². The normalized spacial score (nSPS) is 22.5. The van der Waals surface area contributed by atoms with E-state index in [2.05, 4.69) is 21.2 Å². The molecule has 0 fully saturated rings. The quantitative estimate of drug-likeness (QED) is 0.853. The number of fused-ring (bicyclic) bond motifs is 1. The number of benzene rings is 1. The molecular weight excluding hydrogens is 282 g/mol. The van der Waals surface area contributed by atoms with Crippen LogP contribution in [-0.2, 0) is 16.0 Å². The first-order chi connectivity index (χ1) is 8.13. The maximum absolute atomic E-state index is 11.9. The molecule has 92 valence electrons. The Labute approximate surface area is 110 Å². The first-order valence-electron chi connectivity index (χ1n) is 5.84. The van der Waals surface area contributed by atoms with E-state index in [1.165, 1.54) is 0 Å². The second-order valence-electron chi connectivity index (χ2n) is 4.26. The molecule has 3 nitrogen and oxygen atoms in total. The highest BCUT2D eigenvalue weighted by atomic mass is 79.9. The maximum Gasteiger partial charge on any atom is 0.311 e. The SMILES string of the molecule is CCOC(=O)[C@H]1Cc2c(Br)cccc2N[C@@H]1C. The fourth-order valence-electron chi connectivity index (χ4n) is 2.18. The van der Waals surface area contributed by atoms with Crippen LogP contribution in [0.1, 0.15) is 19.4 Å². The van der Waals surface area contributed by atoms with E-state index in [1.807, 2.05) is 32.0 Å². The van der Waals surface area contributed by atoms with Gasteiger partial charge in [-0.1, -0.05) is 22.0 Å². The predicted molar refractivity (Wildman–Crippen MR) is 71.1 cm³/mol. The number of carbonyl (C=O) groups is 1. The lowest BCUT2D eigenvalue weighted by Crippen LogP contribution is -2.38. The van der Waals surface area contributed by atoms with Gasteiger partial charge in [0.1, 0.15) is 0 Å². The van der Waals surface area contributed by atoms with Gasteiger partial charge >= 0.3 is 5.97 Å². The standard InChI is InChI=1S/C13H16BrNO2/c1-3-17-13(16)9-7-10-11(14)5-4-6-12(10)15-8(9)2/h4-6,8-9,15H,3,7H2,1-2H3/t8-,9+/m1/s1. The Morgan fingerprint density at radius 2 is 2.35 bits per heavy atom. The summed E-state index contributed by atoms with van der Waals surface area (Å²) in [6, 6.07) is 6.14. The summed E-state index contributed by atoms with van der Waals surface area (Å²) >= 11 is 3.53. The number of anilines is 1. The monoisotopic (exact) mass is 297 g/mol. The minimum atomic E-state index is -0.117. The van der Waals surface area contributed by atoms with E-state index in [0.717, 1.165) is 22.1 Å². The van der Waals surface area contributed by atoms with E-state index in [0.29, 0.717) is 6.61 Å². The van der Waals surface area contributed by atoms with Gasteiger partial charge in [-0.2, -0.15) is 0 Å². The van der Waals surface area contributed by atoms with Crippen molar-refractivity contribution in [1.29, 1.82) is 0 Å². The maximum atomic E-state index is 11.9. The van der Waals surface area contributed by atoms with Crippen molar-refractivity contribution in [2.24, 2.45) is 5.92 Å². The van der Waals surface area contributed by atoms with Gasteiger partial charge in [0.05, 0.1) is 12.5 Å². The van der Waals surface area contributed by atoms with Crippen LogP contribution in [0.3, 0.4) is 0 Å². The number of nitrogens with one attached hydrogen (secondary N) is 1. The highest BCUT2D eigenvalue weighted by molar-refractivity contribution is 9.10. The molecule has 1 aliphatic rings. The van der Waals surface area contributed by atoms with E-state index in [-0.39, 0.29) is 17.9 Å². The zero-order chi connectivity index (χ0) is 12.4. The van der Waals surface area contributed by atoms with Gasteiger partial charge < -0.3 is 10.1 Å². The lowest BCUT2D eigenvalue weighted by atomic mass is 9.88. The molecule has 0 saturated carbocycles. The molecule has 0 bridgehead atoms. The van der Waals surface area contributed by atoms with Crippen LogP contribution in [0.25, 0.3) is 0 Å². The van der Waals surface area contributed by atoms with Gasteiger partial charge in [-0.15, -0.1) is 0 Å². The highest BCUT2D eigenvalue weighted by Gasteiger charge is 2.32. The smallest absolute Gasteiger partial charge is 0.311 e. The molecular formula is C13H16BrNO2. The topological polar surface area (TPSA) is 38.3 Å². The van der Waals surface area contributed by atoms with Crippen molar-refractivity contribution in [3.8, 4) is 0 Å². The molecule has 4 heteroatoms. The van der Waals surface area contributed by atoms with E-state index in [4.69, 9.17) is 4.74 Å². The molecule has 2 atom stereocenters. The van der Waals surface area contributed by atoms with Crippen LogP contribution in [0.4, 0.5) is 5.69 Å². The Bertz CT molecular complexity index is 433. The summed E-state index contributed by atoms with van der Waals surface area (Å²) in [6.45, 7) is 4.29. The summed E-state index contributed by atoms with van der Waals surface area (Å²) in [5.41, 5.74) is 2.26. The Morgan fingerprint density at radius 3 is 3.06 bits per heavy atom. The zero-order valence-electron chi connectivity index (χ0n) is 10.00. The lowest BCUT2D eigenvalue weighted by molar-refractivity contribution is -0.148. The summed E-state index contributed by atoms with van der Waals surface area (Å²) in [7, 11) is 0. The summed E-state index contributed by atoms with van der Waals surface area (Å²) in [5, 5.41) is 3.36. The fourth-order valence-corrected chi connectivity index (χ4v) is 2.71. The number of carbonyl (C=O) groups excluding carboxylic acids is 1. The van der Waals surface area contributed by atoms with E-state index < -0.39 is 0 Å². The zero-order valence-corrected chi connectivity index (χ0v) is 11.6. The van der Waals surface area contributed by atoms with Crippen LogP contribution in [-0.4, -0.2) is 18.6 Å². The second kappa shape index (κ2) is 5.08. The van der Waals surface area contributed by atoms with Gasteiger partial charge in [0.2, 0.25) is 0 Å². The summed E-state index contributed by atoms with van der Waals surface area (Å²) in [6.07, 6.45) is 0.726. The van der Waals surface area contributed by atoms with Crippen molar-refractivity contribution < 1.29 is 9.53 Å². The van der Waals surface area contributed by atoms with Crippen LogP contribution in [0.5, 0.6) is 0 Å². The fraction of sp³-hybridized carbons (Fsp3) is 0.462. The van der Waals surface area contributed by atoms with Crippen molar-refractivity contribution in [1.82, 2.24) is 0 Å². The van der Waals surface area contributed by atoms with Crippen molar-refractivity contribution in [2.75, 3.05) is 11.9 Å². The molecule has 0 aliphatic carbocycles. The first-order valence-corrected chi connectivity index (χ1v) is 6.63. The minimum Gasteiger partial charge on any atom is -0.466 e. The number of esters is 1. The molecule has 0 aromatic heterocycles. The van der Waals surface area contributed by atoms with Gasteiger partial charge in [-0.25, -0.2) is 0 Å². The van der Waals surface area contributed by atoms with Crippen LogP contribution in [0.15, 0.2) is 22.7 Å². The summed E-state index contributed by atoms with van der Waals surface area (Å²) in [5.74, 6) is -0.227. The molecule has 1 aliphatic heterocycles. The Balaban J connectivity index is 2.25. The minimum absolute atomic E-state index is 0.107. The molecule has 0 amide bonds. The van der Waals surface area contributed by atoms with Crippen LogP contribution in [0, 0.1) is 5.92 Å². The van der Waals surface area contributed by atoms with Gasteiger partial charge in [-0.3, -0.25) is 4.79 Å². The van der Waals surface area contributed by atoms with Gasteiger partial charge in [-0.05, 0) is 38.0 Å². The summed E-state index contributed by atoms with van der Waals surface area (Å²) in [4.78, 5) is 11.9. The number of halogens is 1. The average Bonchev–Trinajstić information content (AvgIpc) is 2.29. The van der Waals surface area contributed by atoms with Gasteiger partial charge in [0, 0.05) is 16.2 Å². The Hall–Kier alpha value is -1.03. The molecule has 1 heterocycles. The summed E-state index contributed by atoms with van der Waals surface area (Å²) < 4.78 is 6.16. The largest absolute Gasteiger partial charge is 0.466 e. The third-order valence-corrected chi connectivity index (χ3v) is 3.86. The van der Waals surface area contributed by atoms with Crippen LogP contribution in [0.2, 0.25) is 0 Å². The third-order valence-electron chi connectivity index (χ3n) is 3.12. The van der Waals surface area contributed by atoms with E-state index in [1.54, 1.807) is 0 Å². The molecule has 0 spiro atoms. The Kier molecular flexibility index (Phi) is 3.72. The van der Waals surface area contributed by atoms with Crippen LogP contribution < -0.4 is 5.32 Å². The van der Waals surface area contributed by atoms with Crippen molar-refractivity contribution in [3.63, 3.8) is 0 Å². The van der Waals surface area contributed by atoms with Crippen molar-refractivity contribution in [3.05, 3.63) is 28.2 Å². The average molecular weight is 298 g/mol. The molecule has 0 radical (unpaired) electrons. The molecule has 1 aromatic carbocycles. The molecule has 0 unspecified atom stereocenters. The van der Waals surface area contributed by atoms with Crippen molar-refractivity contribution >= 4 is 27.6 Å². The number of rotatable bonds is 2. The molecule has 1 aromatic rings. The highest BCUT2D eigenvalue weighted by Crippen LogP contribution is 2.33. The molecule has 0 saturated heterocycles. The van der Waals surface area contributed by atoms with E-state index in [9.17, 15) is 4.79 Å².